The predicted octanol–water partition coefficient (Wildman–Crippen LogP) is 5.48. The van der Waals surface area contributed by atoms with Crippen molar-refractivity contribution in [3.63, 3.8) is 0 Å². The van der Waals surface area contributed by atoms with Gasteiger partial charge < -0.3 is 9.47 Å². The molecular weight excluding hydrogens is 432 g/mol. The molecule has 0 N–H and O–H groups in total. The highest BCUT2D eigenvalue weighted by Gasteiger charge is 2.27. The van der Waals surface area contributed by atoms with Crippen LogP contribution in [0.5, 0.6) is 5.75 Å². The van der Waals surface area contributed by atoms with Gasteiger partial charge in [-0.1, -0.05) is 59.6 Å². The minimum Gasteiger partial charge on any atom is -0.488 e. The fourth-order valence-electron chi connectivity index (χ4n) is 3.04. The summed E-state index contributed by atoms with van der Waals surface area (Å²) in [6.07, 6.45) is 1.55. The monoisotopic (exact) mass is 448 g/mol. The summed E-state index contributed by atoms with van der Waals surface area (Å²) in [4.78, 5) is 27.1. The lowest BCUT2D eigenvalue weighted by Crippen LogP contribution is -2.06. The molecule has 1 aliphatic rings. The van der Waals surface area contributed by atoms with E-state index in [9.17, 15) is 14.9 Å². The van der Waals surface area contributed by atoms with Crippen molar-refractivity contribution in [3.8, 4) is 5.75 Å². The van der Waals surface area contributed by atoms with Crippen molar-refractivity contribution < 1.29 is 19.2 Å². The third kappa shape index (κ3) is 4.68. The summed E-state index contributed by atoms with van der Waals surface area (Å²) in [6, 6.07) is 19.1. The first-order chi connectivity index (χ1) is 15.4. The lowest BCUT2D eigenvalue weighted by molar-refractivity contribution is -0.384. The lowest BCUT2D eigenvalue weighted by Gasteiger charge is -2.09. The van der Waals surface area contributed by atoms with Crippen molar-refractivity contribution in [1.29, 1.82) is 0 Å². The molecule has 0 aromatic heterocycles. The topological polar surface area (TPSA) is 91.0 Å². The van der Waals surface area contributed by atoms with E-state index >= 15 is 0 Å². The van der Waals surface area contributed by atoms with Gasteiger partial charge in [0.25, 0.3) is 5.69 Å². The van der Waals surface area contributed by atoms with Crippen molar-refractivity contribution in [2.24, 2.45) is 4.99 Å². The molecule has 0 atom stereocenters. The molecule has 32 heavy (non-hydrogen) atoms. The molecule has 0 spiro atoms. The number of carbonyl (C=O) groups is 1. The van der Waals surface area contributed by atoms with E-state index in [-0.39, 0.29) is 27.9 Å². The number of carbonyl (C=O) groups excluding carboxylic acids is 1. The largest absolute Gasteiger partial charge is 0.488 e. The molecule has 0 fully saturated rings. The third-order valence-electron chi connectivity index (χ3n) is 4.74. The zero-order chi connectivity index (χ0) is 22.7. The molecule has 0 aliphatic carbocycles. The number of para-hydroxylation sites is 1. The average Bonchev–Trinajstić information content (AvgIpc) is 3.14. The predicted molar refractivity (Wildman–Crippen MR) is 121 cm³/mol. The fourth-order valence-corrected chi connectivity index (χ4v) is 3.24. The molecule has 1 heterocycles. The molecular formula is C24H17ClN2O5. The smallest absolute Gasteiger partial charge is 0.363 e. The zero-order valence-electron chi connectivity index (χ0n) is 16.9. The highest BCUT2D eigenvalue weighted by molar-refractivity contribution is 6.34. The van der Waals surface area contributed by atoms with Crippen molar-refractivity contribution >= 4 is 35.2 Å². The molecule has 3 aromatic rings. The number of esters is 1. The number of benzene rings is 3. The van der Waals surface area contributed by atoms with Gasteiger partial charge in [-0.3, -0.25) is 10.1 Å². The first kappa shape index (κ1) is 21.3. The summed E-state index contributed by atoms with van der Waals surface area (Å²) < 4.78 is 11.2. The van der Waals surface area contributed by atoms with E-state index in [1.165, 1.54) is 18.2 Å². The number of hydrogen-bond acceptors (Lipinski definition) is 6. The van der Waals surface area contributed by atoms with Gasteiger partial charge in [0, 0.05) is 17.7 Å². The number of nitro groups is 1. The summed E-state index contributed by atoms with van der Waals surface area (Å²) in [5.41, 5.74) is 2.84. The van der Waals surface area contributed by atoms with Gasteiger partial charge in [0.05, 0.1) is 15.5 Å². The highest BCUT2D eigenvalue weighted by atomic mass is 35.5. The minimum absolute atomic E-state index is 0.0361. The number of nitrogens with zero attached hydrogens (tertiary/aromatic N) is 2. The highest BCUT2D eigenvalue weighted by Crippen LogP contribution is 2.29. The number of aliphatic imine (C=N–C) groups is 1. The fraction of sp³-hybridized carbons (Fsp3) is 0.0833. The molecule has 160 valence electrons. The Kier molecular flexibility index (Phi) is 6.00. The second-order valence-electron chi connectivity index (χ2n) is 7.07. The van der Waals surface area contributed by atoms with Crippen molar-refractivity contribution in [3.05, 3.63) is 110 Å². The quantitative estimate of drug-likeness (QED) is 0.215. The molecule has 0 amide bonds. The number of non-ortho nitro benzene ring substituents is 1. The van der Waals surface area contributed by atoms with Crippen molar-refractivity contribution in [2.75, 3.05) is 0 Å². The third-order valence-corrected chi connectivity index (χ3v) is 5.07. The van der Waals surface area contributed by atoms with Crippen LogP contribution in [0.25, 0.3) is 6.08 Å². The number of nitro benzene ring substituents is 1. The number of cyclic esters (lactones) is 1. The maximum atomic E-state index is 12.4. The van der Waals surface area contributed by atoms with Crippen LogP contribution in [0.1, 0.15) is 22.3 Å². The van der Waals surface area contributed by atoms with Gasteiger partial charge in [-0.2, -0.15) is 0 Å². The number of hydrogen-bond donors (Lipinski definition) is 0. The summed E-state index contributed by atoms with van der Waals surface area (Å²) in [7, 11) is 0. The Labute approximate surface area is 188 Å². The lowest BCUT2D eigenvalue weighted by atomic mass is 10.1. The number of ether oxygens (including phenoxy) is 2. The minimum atomic E-state index is -0.684. The second kappa shape index (κ2) is 9.03. The average molecular weight is 449 g/mol. The van der Waals surface area contributed by atoms with Crippen LogP contribution in [0, 0.1) is 17.0 Å². The van der Waals surface area contributed by atoms with Gasteiger partial charge in [0.2, 0.25) is 5.90 Å². The molecule has 7 nitrogen and oxygen atoms in total. The van der Waals surface area contributed by atoms with E-state index < -0.39 is 10.9 Å². The SMILES string of the molecule is Cc1ccc(COc2ccccc2/C=C2\N=C(c3cc([N+](=O)[O-])ccc3Cl)OC2=O)cc1. The van der Waals surface area contributed by atoms with Crippen LogP contribution < -0.4 is 4.74 Å². The van der Waals surface area contributed by atoms with Crippen LogP contribution in [0.2, 0.25) is 5.02 Å². The standard InChI is InChI=1S/C24H17ClN2O5/c1-15-6-8-16(9-7-15)14-31-22-5-3-2-4-17(22)12-21-24(28)32-23(26-21)19-13-18(27(29)30)10-11-20(19)25/h2-13H,14H2,1H3/b21-12-. The van der Waals surface area contributed by atoms with Crippen LogP contribution >= 0.6 is 11.6 Å². The number of aryl methyl sites for hydroxylation is 1. The van der Waals surface area contributed by atoms with E-state index in [0.717, 1.165) is 11.1 Å². The van der Waals surface area contributed by atoms with E-state index in [2.05, 4.69) is 4.99 Å². The molecule has 0 bridgehead atoms. The first-order valence-electron chi connectivity index (χ1n) is 9.65. The van der Waals surface area contributed by atoms with Gasteiger partial charge in [0.1, 0.15) is 12.4 Å². The Hall–Kier alpha value is -3.97. The Morgan fingerprint density at radius 1 is 1.12 bits per heavy atom. The molecule has 0 unspecified atom stereocenters. The van der Waals surface area contributed by atoms with E-state index in [1.807, 2.05) is 43.3 Å². The zero-order valence-corrected chi connectivity index (χ0v) is 17.7. The van der Waals surface area contributed by atoms with E-state index in [0.29, 0.717) is 17.9 Å². The maximum Gasteiger partial charge on any atom is 0.363 e. The van der Waals surface area contributed by atoms with Gasteiger partial charge in [-0.15, -0.1) is 0 Å². The van der Waals surface area contributed by atoms with Crippen molar-refractivity contribution in [1.82, 2.24) is 0 Å². The molecule has 1 aliphatic heterocycles. The molecule has 8 heteroatoms. The maximum absolute atomic E-state index is 12.4. The van der Waals surface area contributed by atoms with Crippen LogP contribution in [0.4, 0.5) is 5.69 Å². The molecule has 0 radical (unpaired) electrons. The normalized spacial score (nSPS) is 14.2. The van der Waals surface area contributed by atoms with Crippen LogP contribution in [-0.4, -0.2) is 16.8 Å². The Bertz CT molecular complexity index is 1270. The second-order valence-corrected chi connectivity index (χ2v) is 7.48. The Morgan fingerprint density at radius 3 is 2.62 bits per heavy atom. The Morgan fingerprint density at radius 2 is 1.88 bits per heavy atom. The van der Waals surface area contributed by atoms with Crippen LogP contribution in [-0.2, 0) is 16.1 Å². The summed E-state index contributed by atoms with van der Waals surface area (Å²) >= 11 is 6.14. The van der Waals surface area contributed by atoms with Crippen molar-refractivity contribution in [2.45, 2.75) is 13.5 Å². The van der Waals surface area contributed by atoms with Crippen LogP contribution in [0.15, 0.2) is 77.4 Å². The number of halogens is 1. The molecule has 3 aromatic carbocycles. The number of rotatable bonds is 6. The van der Waals surface area contributed by atoms with Crippen LogP contribution in [0.3, 0.4) is 0 Å². The Balaban J connectivity index is 1.61. The summed E-state index contributed by atoms with van der Waals surface area (Å²) in [5.74, 6) is -0.200. The summed E-state index contributed by atoms with van der Waals surface area (Å²) in [6.45, 7) is 2.38. The molecule has 4 rings (SSSR count). The van der Waals surface area contributed by atoms with Gasteiger partial charge >= 0.3 is 5.97 Å². The molecule has 0 saturated carbocycles. The first-order valence-corrected chi connectivity index (χ1v) is 10.0. The molecule has 0 saturated heterocycles. The summed E-state index contributed by atoms with van der Waals surface area (Å²) in [5, 5.41) is 11.2. The van der Waals surface area contributed by atoms with E-state index in [1.54, 1.807) is 18.2 Å². The van der Waals surface area contributed by atoms with Gasteiger partial charge in [-0.25, -0.2) is 9.79 Å². The van der Waals surface area contributed by atoms with Gasteiger partial charge in [-0.05, 0) is 30.7 Å². The van der Waals surface area contributed by atoms with E-state index in [4.69, 9.17) is 21.1 Å². The van der Waals surface area contributed by atoms with Gasteiger partial charge in [0.15, 0.2) is 5.70 Å².